The standard InChI is InChI=1S/C19H23FN4O/c1-13-11-18(22-14(2)21-13)24-9-7-16(8-10-24)23-19(25)12-15-5-3-4-6-17(15)20/h3-6,11,16H,7-10,12H2,1-2H3,(H,23,25). The predicted octanol–water partition coefficient (Wildman–Crippen LogP) is 2.56. The number of carbonyl (C=O) groups excluding carboxylic acids is 1. The van der Waals surface area contributed by atoms with Crippen molar-refractivity contribution < 1.29 is 9.18 Å². The summed E-state index contributed by atoms with van der Waals surface area (Å²) in [5.41, 5.74) is 1.40. The summed E-state index contributed by atoms with van der Waals surface area (Å²) in [6.07, 6.45) is 1.79. The number of amides is 1. The van der Waals surface area contributed by atoms with Crippen LogP contribution in [0, 0.1) is 19.7 Å². The first-order valence-electron chi connectivity index (χ1n) is 8.61. The molecule has 0 radical (unpaired) electrons. The molecule has 1 aromatic heterocycles. The summed E-state index contributed by atoms with van der Waals surface area (Å²) in [4.78, 5) is 23.2. The van der Waals surface area contributed by atoms with E-state index in [1.54, 1.807) is 18.2 Å². The van der Waals surface area contributed by atoms with Crippen LogP contribution in [0.1, 0.15) is 29.9 Å². The first-order valence-corrected chi connectivity index (χ1v) is 8.61. The number of nitrogens with one attached hydrogen (secondary N) is 1. The van der Waals surface area contributed by atoms with E-state index >= 15 is 0 Å². The number of carbonyl (C=O) groups is 1. The fourth-order valence-electron chi connectivity index (χ4n) is 3.21. The molecule has 0 bridgehead atoms. The van der Waals surface area contributed by atoms with Gasteiger partial charge in [-0.05, 0) is 38.3 Å². The predicted molar refractivity (Wildman–Crippen MR) is 95.0 cm³/mol. The molecule has 0 spiro atoms. The number of rotatable bonds is 4. The number of aromatic nitrogens is 2. The highest BCUT2D eigenvalue weighted by Crippen LogP contribution is 2.19. The van der Waals surface area contributed by atoms with E-state index in [-0.39, 0.29) is 24.2 Å². The van der Waals surface area contributed by atoms with E-state index in [0.717, 1.165) is 43.3 Å². The maximum Gasteiger partial charge on any atom is 0.224 e. The third-order valence-corrected chi connectivity index (χ3v) is 4.45. The SMILES string of the molecule is Cc1cc(N2CCC(NC(=O)Cc3ccccc3F)CC2)nc(C)n1. The van der Waals surface area contributed by atoms with Crippen LogP contribution >= 0.6 is 0 Å². The van der Waals surface area contributed by atoms with Gasteiger partial charge in [-0.3, -0.25) is 4.79 Å². The van der Waals surface area contributed by atoms with E-state index in [1.807, 2.05) is 19.9 Å². The summed E-state index contributed by atoms with van der Waals surface area (Å²) in [6, 6.07) is 8.52. The smallest absolute Gasteiger partial charge is 0.224 e. The number of aryl methyl sites for hydroxylation is 2. The van der Waals surface area contributed by atoms with Crippen LogP contribution in [0.25, 0.3) is 0 Å². The molecule has 3 rings (SSSR count). The van der Waals surface area contributed by atoms with Crippen LogP contribution in [0.15, 0.2) is 30.3 Å². The average Bonchev–Trinajstić information content (AvgIpc) is 2.57. The molecular weight excluding hydrogens is 319 g/mol. The van der Waals surface area contributed by atoms with Crippen molar-refractivity contribution in [2.24, 2.45) is 0 Å². The molecule has 0 unspecified atom stereocenters. The Morgan fingerprint density at radius 3 is 2.64 bits per heavy atom. The fourth-order valence-corrected chi connectivity index (χ4v) is 3.21. The first kappa shape index (κ1) is 17.3. The fraction of sp³-hybridized carbons (Fsp3) is 0.421. The summed E-state index contributed by atoms with van der Waals surface area (Å²) in [5.74, 6) is 1.26. The average molecular weight is 342 g/mol. The zero-order valence-corrected chi connectivity index (χ0v) is 14.6. The number of hydrogen-bond donors (Lipinski definition) is 1. The summed E-state index contributed by atoms with van der Waals surface area (Å²) in [5, 5.41) is 3.02. The van der Waals surface area contributed by atoms with Crippen molar-refractivity contribution in [1.29, 1.82) is 0 Å². The Hall–Kier alpha value is -2.50. The van der Waals surface area contributed by atoms with E-state index < -0.39 is 0 Å². The summed E-state index contributed by atoms with van der Waals surface area (Å²) >= 11 is 0. The first-order chi connectivity index (χ1) is 12.0. The van der Waals surface area contributed by atoms with Crippen molar-refractivity contribution in [3.05, 3.63) is 53.2 Å². The van der Waals surface area contributed by atoms with E-state index in [4.69, 9.17) is 0 Å². The monoisotopic (exact) mass is 342 g/mol. The molecule has 132 valence electrons. The quantitative estimate of drug-likeness (QED) is 0.928. The van der Waals surface area contributed by atoms with Gasteiger partial charge in [0.05, 0.1) is 6.42 Å². The van der Waals surface area contributed by atoms with Gasteiger partial charge >= 0.3 is 0 Å². The number of piperidine rings is 1. The summed E-state index contributed by atoms with van der Waals surface area (Å²) in [6.45, 7) is 5.53. The Balaban J connectivity index is 1.52. The van der Waals surface area contributed by atoms with Gasteiger partial charge in [-0.15, -0.1) is 0 Å². The number of anilines is 1. The van der Waals surface area contributed by atoms with Gasteiger partial charge in [0.1, 0.15) is 17.5 Å². The summed E-state index contributed by atoms with van der Waals surface area (Å²) in [7, 11) is 0. The van der Waals surface area contributed by atoms with Crippen LogP contribution in [-0.2, 0) is 11.2 Å². The maximum absolute atomic E-state index is 13.6. The number of hydrogen-bond acceptors (Lipinski definition) is 4. The lowest BCUT2D eigenvalue weighted by Crippen LogP contribution is -2.45. The van der Waals surface area contributed by atoms with Gasteiger partial charge in [0.2, 0.25) is 5.91 Å². The minimum absolute atomic E-state index is 0.0805. The molecule has 1 amide bonds. The van der Waals surface area contributed by atoms with E-state index in [2.05, 4.69) is 20.2 Å². The number of halogens is 1. The van der Waals surface area contributed by atoms with E-state index in [0.29, 0.717) is 5.56 Å². The molecule has 1 aliphatic heterocycles. The molecule has 0 saturated carbocycles. The van der Waals surface area contributed by atoms with Crippen LogP contribution in [0.2, 0.25) is 0 Å². The van der Waals surface area contributed by atoms with Crippen molar-refractivity contribution in [2.45, 2.75) is 39.2 Å². The van der Waals surface area contributed by atoms with Crippen LogP contribution in [0.5, 0.6) is 0 Å². The van der Waals surface area contributed by atoms with Gasteiger partial charge in [-0.1, -0.05) is 18.2 Å². The van der Waals surface area contributed by atoms with Crippen LogP contribution in [-0.4, -0.2) is 35.0 Å². The largest absolute Gasteiger partial charge is 0.356 e. The molecule has 2 aromatic rings. The summed E-state index contributed by atoms with van der Waals surface area (Å²) < 4.78 is 13.6. The molecule has 6 heteroatoms. The lowest BCUT2D eigenvalue weighted by Gasteiger charge is -2.33. The Bertz CT molecular complexity index is 737. The van der Waals surface area contributed by atoms with Crippen molar-refractivity contribution >= 4 is 11.7 Å². The molecular formula is C19H23FN4O. The van der Waals surface area contributed by atoms with Gasteiger partial charge < -0.3 is 10.2 Å². The third kappa shape index (κ3) is 4.53. The van der Waals surface area contributed by atoms with E-state index in [9.17, 15) is 9.18 Å². The molecule has 1 aromatic carbocycles. The second-order valence-electron chi connectivity index (χ2n) is 6.51. The lowest BCUT2D eigenvalue weighted by molar-refractivity contribution is -0.121. The third-order valence-electron chi connectivity index (χ3n) is 4.45. The molecule has 1 fully saturated rings. The molecule has 5 nitrogen and oxygen atoms in total. The van der Waals surface area contributed by atoms with Crippen LogP contribution < -0.4 is 10.2 Å². The zero-order valence-electron chi connectivity index (χ0n) is 14.6. The molecule has 1 N–H and O–H groups in total. The number of benzene rings is 1. The Labute approximate surface area is 147 Å². The lowest BCUT2D eigenvalue weighted by atomic mass is 10.0. The highest BCUT2D eigenvalue weighted by atomic mass is 19.1. The molecule has 1 saturated heterocycles. The molecule has 25 heavy (non-hydrogen) atoms. The highest BCUT2D eigenvalue weighted by molar-refractivity contribution is 5.78. The van der Waals surface area contributed by atoms with Gasteiger partial charge in [0, 0.05) is 30.9 Å². The highest BCUT2D eigenvalue weighted by Gasteiger charge is 2.22. The Morgan fingerprint density at radius 2 is 1.96 bits per heavy atom. The molecule has 1 aliphatic rings. The Morgan fingerprint density at radius 1 is 1.24 bits per heavy atom. The second-order valence-corrected chi connectivity index (χ2v) is 6.51. The topological polar surface area (TPSA) is 58.1 Å². The van der Waals surface area contributed by atoms with Gasteiger partial charge in [-0.2, -0.15) is 0 Å². The normalized spacial score (nSPS) is 15.2. The molecule has 0 atom stereocenters. The maximum atomic E-state index is 13.6. The minimum atomic E-state index is -0.332. The Kier molecular flexibility index (Phi) is 5.26. The van der Waals surface area contributed by atoms with Crippen molar-refractivity contribution in [3.8, 4) is 0 Å². The van der Waals surface area contributed by atoms with Crippen LogP contribution in [0.4, 0.5) is 10.2 Å². The van der Waals surface area contributed by atoms with Crippen molar-refractivity contribution in [1.82, 2.24) is 15.3 Å². The van der Waals surface area contributed by atoms with Gasteiger partial charge in [0.25, 0.3) is 0 Å². The van der Waals surface area contributed by atoms with Crippen molar-refractivity contribution in [2.75, 3.05) is 18.0 Å². The van der Waals surface area contributed by atoms with Crippen LogP contribution in [0.3, 0.4) is 0 Å². The molecule has 0 aliphatic carbocycles. The second kappa shape index (κ2) is 7.59. The minimum Gasteiger partial charge on any atom is -0.356 e. The zero-order chi connectivity index (χ0) is 17.8. The van der Waals surface area contributed by atoms with E-state index in [1.165, 1.54) is 6.07 Å². The molecule has 2 heterocycles. The van der Waals surface area contributed by atoms with Gasteiger partial charge in [0.15, 0.2) is 0 Å². The van der Waals surface area contributed by atoms with Crippen molar-refractivity contribution in [3.63, 3.8) is 0 Å². The number of nitrogens with zero attached hydrogens (tertiary/aromatic N) is 3. The van der Waals surface area contributed by atoms with Gasteiger partial charge in [-0.25, -0.2) is 14.4 Å².